The SMILES string of the molecule is Cc1c(-c2cc3cc(NC(=O)NCCC#N)ncc3cc2F)cnc2c1NCCO2. The van der Waals surface area contributed by atoms with E-state index in [9.17, 15) is 9.18 Å². The molecule has 3 aromatic rings. The highest BCUT2D eigenvalue weighted by molar-refractivity contribution is 5.93. The maximum absolute atomic E-state index is 14.9. The summed E-state index contributed by atoms with van der Waals surface area (Å²) in [6.07, 6.45) is 3.32. The van der Waals surface area contributed by atoms with Gasteiger partial charge in [-0.2, -0.15) is 5.26 Å². The normalized spacial score (nSPS) is 12.3. The van der Waals surface area contributed by atoms with Gasteiger partial charge >= 0.3 is 6.03 Å². The Morgan fingerprint density at radius 3 is 2.97 bits per heavy atom. The molecule has 3 N–H and O–H groups in total. The summed E-state index contributed by atoms with van der Waals surface area (Å²) in [6.45, 7) is 3.34. The number of pyridine rings is 2. The Morgan fingerprint density at radius 1 is 1.27 bits per heavy atom. The standard InChI is InChI=1S/C21H19FN6O2/c1-12-16(11-27-20-19(12)24-5-6-30-20)15-7-13-9-18(26-10-14(13)8-17(15)22)28-21(29)25-4-2-3-23/h7-11,24H,2,4-6H2,1H3,(H2,25,26,28,29). The zero-order chi connectivity index (χ0) is 21.1. The average Bonchev–Trinajstić information content (AvgIpc) is 2.74. The summed E-state index contributed by atoms with van der Waals surface area (Å²) in [6, 6.07) is 6.29. The third-order valence-corrected chi connectivity index (χ3v) is 4.81. The van der Waals surface area contributed by atoms with Crippen LogP contribution in [0.3, 0.4) is 0 Å². The minimum absolute atomic E-state index is 0.218. The van der Waals surface area contributed by atoms with Gasteiger partial charge in [0.2, 0.25) is 5.88 Å². The van der Waals surface area contributed by atoms with Gasteiger partial charge in [0, 0.05) is 42.0 Å². The van der Waals surface area contributed by atoms with Crippen LogP contribution in [-0.2, 0) is 0 Å². The predicted molar refractivity (Wildman–Crippen MR) is 111 cm³/mol. The molecule has 0 radical (unpaired) electrons. The van der Waals surface area contributed by atoms with E-state index in [-0.39, 0.29) is 18.8 Å². The molecule has 1 aliphatic heterocycles. The highest BCUT2D eigenvalue weighted by Gasteiger charge is 2.19. The van der Waals surface area contributed by atoms with E-state index in [0.29, 0.717) is 41.4 Å². The fourth-order valence-corrected chi connectivity index (χ4v) is 3.33. The minimum Gasteiger partial charge on any atom is -0.474 e. The monoisotopic (exact) mass is 406 g/mol. The molecule has 0 bridgehead atoms. The van der Waals surface area contributed by atoms with Crippen LogP contribution in [0.15, 0.2) is 30.6 Å². The van der Waals surface area contributed by atoms with E-state index >= 15 is 0 Å². The van der Waals surface area contributed by atoms with Crippen molar-refractivity contribution in [1.82, 2.24) is 15.3 Å². The van der Waals surface area contributed by atoms with Crippen LogP contribution in [0, 0.1) is 24.1 Å². The van der Waals surface area contributed by atoms with Gasteiger partial charge in [-0.15, -0.1) is 0 Å². The maximum Gasteiger partial charge on any atom is 0.320 e. The number of anilines is 2. The van der Waals surface area contributed by atoms with Gasteiger partial charge in [-0.05, 0) is 36.1 Å². The zero-order valence-electron chi connectivity index (χ0n) is 16.3. The molecular formula is C21H19FN6O2. The van der Waals surface area contributed by atoms with E-state index in [1.165, 1.54) is 12.3 Å². The quantitative estimate of drug-likeness (QED) is 0.571. The number of amides is 2. The zero-order valence-corrected chi connectivity index (χ0v) is 16.3. The summed E-state index contributed by atoms with van der Waals surface area (Å²) >= 11 is 0. The first-order valence-electron chi connectivity index (χ1n) is 9.44. The fraction of sp³-hybridized carbons (Fsp3) is 0.238. The van der Waals surface area contributed by atoms with Crippen LogP contribution in [0.5, 0.6) is 5.88 Å². The van der Waals surface area contributed by atoms with E-state index in [1.54, 1.807) is 18.3 Å². The number of ether oxygens (including phenoxy) is 1. The predicted octanol–water partition coefficient (Wildman–Crippen LogP) is 3.58. The van der Waals surface area contributed by atoms with Crippen LogP contribution in [0.1, 0.15) is 12.0 Å². The summed E-state index contributed by atoms with van der Waals surface area (Å²) in [5, 5.41) is 18.3. The van der Waals surface area contributed by atoms with Crippen molar-refractivity contribution in [3.63, 3.8) is 0 Å². The molecule has 0 fully saturated rings. The van der Waals surface area contributed by atoms with E-state index < -0.39 is 6.03 Å². The van der Waals surface area contributed by atoms with Crippen LogP contribution in [0.4, 0.5) is 20.7 Å². The number of carbonyl (C=O) groups is 1. The maximum atomic E-state index is 14.9. The van der Waals surface area contributed by atoms with Crippen LogP contribution in [0.25, 0.3) is 21.9 Å². The first kappa shape index (κ1) is 19.4. The Bertz CT molecular complexity index is 1170. The molecule has 0 aliphatic carbocycles. The van der Waals surface area contributed by atoms with Gasteiger partial charge in [-0.25, -0.2) is 19.2 Å². The Balaban J connectivity index is 1.67. The lowest BCUT2D eigenvalue weighted by Gasteiger charge is -2.21. The number of hydrogen-bond donors (Lipinski definition) is 3. The Labute approximate surface area is 172 Å². The second-order valence-corrected chi connectivity index (χ2v) is 6.79. The molecule has 0 unspecified atom stereocenters. The van der Waals surface area contributed by atoms with Crippen molar-refractivity contribution >= 4 is 28.3 Å². The Kier molecular flexibility index (Phi) is 5.30. The van der Waals surface area contributed by atoms with Gasteiger partial charge in [-0.1, -0.05) is 0 Å². The molecule has 0 saturated carbocycles. The van der Waals surface area contributed by atoms with Crippen LogP contribution in [0.2, 0.25) is 0 Å². The summed E-state index contributed by atoms with van der Waals surface area (Å²) in [7, 11) is 0. The van der Waals surface area contributed by atoms with Gasteiger partial charge in [0.1, 0.15) is 23.9 Å². The van der Waals surface area contributed by atoms with E-state index in [0.717, 1.165) is 16.6 Å². The Hall–Kier alpha value is -3.93. The van der Waals surface area contributed by atoms with Crippen molar-refractivity contribution in [3.8, 4) is 23.1 Å². The van der Waals surface area contributed by atoms with Gasteiger partial charge in [-0.3, -0.25) is 5.32 Å². The summed E-state index contributed by atoms with van der Waals surface area (Å²) in [4.78, 5) is 20.4. The van der Waals surface area contributed by atoms with Gasteiger partial charge in [0.15, 0.2) is 0 Å². The topological polar surface area (TPSA) is 112 Å². The summed E-state index contributed by atoms with van der Waals surface area (Å²) in [5.74, 6) is 0.451. The van der Waals surface area contributed by atoms with Crippen molar-refractivity contribution in [1.29, 1.82) is 5.26 Å². The minimum atomic E-state index is -0.458. The molecule has 0 saturated heterocycles. The first-order chi connectivity index (χ1) is 14.6. The van der Waals surface area contributed by atoms with Crippen molar-refractivity contribution in [2.24, 2.45) is 0 Å². The number of urea groups is 1. The second kappa shape index (κ2) is 8.21. The third-order valence-electron chi connectivity index (χ3n) is 4.81. The van der Waals surface area contributed by atoms with Gasteiger partial charge in [0.25, 0.3) is 0 Å². The molecule has 152 valence electrons. The summed E-state index contributed by atoms with van der Waals surface area (Å²) < 4.78 is 20.4. The third kappa shape index (κ3) is 3.80. The molecule has 1 aromatic carbocycles. The number of aromatic nitrogens is 2. The lowest BCUT2D eigenvalue weighted by atomic mass is 9.98. The highest BCUT2D eigenvalue weighted by Crippen LogP contribution is 2.37. The number of fused-ring (bicyclic) bond motifs is 2. The van der Waals surface area contributed by atoms with Crippen LogP contribution >= 0.6 is 0 Å². The second-order valence-electron chi connectivity index (χ2n) is 6.79. The van der Waals surface area contributed by atoms with Crippen molar-refractivity contribution in [3.05, 3.63) is 42.0 Å². The van der Waals surface area contributed by atoms with Crippen molar-refractivity contribution < 1.29 is 13.9 Å². The molecule has 0 spiro atoms. The first-order valence-corrected chi connectivity index (χ1v) is 9.44. The van der Waals surface area contributed by atoms with Gasteiger partial charge in [0.05, 0.1) is 12.5 Å². The molecule has 3 heterocycles. The number of rotatable bonds is 4. The molecule has 9 heteroatoms. The molecular weight excluding hydrogens is 387 g/mol. The number of nitrogens with one attached hydrogen (secondary N) is 3. The van der Waals surface area contributed by atoms with Crippen LogP contribution in [-0.4, -0.2) is 35.7 Å². The Morgan fingerprint density at radius 2 is 2.13 bits per heavy atom. The molecule has 0 atom stereocenters. The van der Waals surface area contributed by atoms with Gasteiger partial charge < -0.3 is 15.4 Å². The van der Waals surface area contributed by atoms with Crippen molar-refractivity contribution in [2.75, 3.05) is 30.3 Å². The van der Waals surface area contributed by atoms with E-state index in [2.05, 4.69) is 25.9 Å². The number of hydrogen-bond acceptors (Lipinski definition) is 6. The number of halogens is 1. The smallest absolute Gasteiger partial charge is 0.320 e. The highest BCUT2D eigenvalue weighted by atomic mass is 19.1. The molecule has 1 aliphatic rings. The fourth-order valence-electron chi connectivity index (χ4n) is 3.33. The molecule has 8 nitrogen and oxygen atoms in total. The lowest BCUT2D eigenvalue weighted by molar-refractivity contribution is 0.252. The van der Waals surface area contributed by atoms with E-state index in [4.69, 9.17) is 10.00 Å². The number of carbonyl (C=O) groups excluding carboxylic acids is 1. The number of benzene rings is 1. The number of nitrogens with zero attached hydrogens (tertiary/aromatic N) is 3. The molecule has 2 amide bonds. The molecule has 4 rings (SSSR count). The van der Waals surface area contributed by atoms with Crippen LogP contribution < -0.4 is 20.7 Å². The molecule has 30 heavy (non-hydrogen) atoms. The average molecular weight is 406 g/mol. The van der Waals surface area contributed by atoms with E-state index in [1.807, 2.05) is 13.0 Å². The lowest BCUT2D eigenvalue weighted by Crippen LogP contribution is -2.29. The molecule has 2 aromatic heterocycles. The number of nitriles is 1. The summed E-state index contributed by atoms with van der Waals surface area (Å²) in [5.41, 5.74) is 2.68. The largest absolute Gasteiger partial charge is 0.474 e. The van der Waals surface area contributed by atoms with Crippen molar-refractivity contribution in [2.45, 2.75) is 13.3 Å².